The Bertz CT molecular complexity index is 1320. The lowest BCUT2D eigenvalue weighted by Crippen LogP contribution is -2.50. The third-order valence-electron chi connectivity index (χ3n) is 8.22. The van der Waals surface area contributed by atoms with Crippen LogP contribution >= 0.6 is 0 Å². The lowest BCUT2D eigenvalue weighted by molar-refractivity contribution is -0.171. The number of carbonyl (C=O) groups is 4. The third kappa shape index (κ3) is 5.42. The maximum Gasteiger partial charge on any atom is 0.338 e. The number of rotatable bonds is 6. The van der Waals surface area contributed by atoms with Crippen molar-refractivity contribution in [2.75, 3.05) is 7.11 Å². The minimum absolute atomic E-state index is 0.0588. The van der Waals surface area contributed by atoms with Crippen LogP contribution in [0.15, 0.2) is 69.6 Å². The number of hydrogen-bond acceptors (Lipinski definition) is 9. The van der Waals surface area contributed by atoms with Crippen molar-refractivity contribution in [2.24, 2.45) is 11.3 Å². The second-order valence-electron chi connectivity index (χ2n) is 11.3. The fourth-order valence-electron chi connectivity index (χ4n) is 6.35. The van der Waals surface area contributed by atoms with Gasteiger partial charge in [-0.3, -0.25) is 14.4 Å². The Morgan fingerprint density at radius 3 is 2.42 bits per heavy atom. The van der Waals surface area contributed by atoms with Crippen LogP contribution < -0.4 is 0 Å². The first-order chi connectivity index (χ1) is 18.8. The van der Waals surface area contributed by atoms with Gasteiger partial charge in [-0.2, -0.15) is 0 Å². The number of carbonyl (C=O) groups excluding carboxylic acids is 4. The van der Waals surface area contributed by atoms with Gasteiger partial charge < -0.3 is 23.4 Å². The highest BCUT2D eigenvalue weighted by Gasteiger charge is 2.56. The summed E-state index contributed by atoms with van der Waals surface area (Å²) in [5.41, 5.74) is 1.73. The molecule has 0 radical (unpaired) electrons. The Kier molecular flexibility index (Phi) is 7.97. The van der Waals surface area contributed by atoms with Crippen molar-refractivity contribution in [3.05, 3.63) is 70.8 Å². The molecule has 0 fully saturated rings. The van der Waals surface area contributed by atoms with Crippen molar-refractivity contribution in [3.63, 3.8) is 0 Å². The smallest absolute Gasteiger partial charge is 0.338 e. The molecule has 0 bridgehead atoms. The van der Waals surface area contributed by atoms with Gasteiger partial charge in [-0.05, 0) is 68.2 Å². The Morgan fingerprint density at radius 2 is 1.82 bits per heavy atom. The zero-order valence-electron chi connectivity index (χ0n) is 23.9. The zero-order chi connectivity index (χ0) is 29.4. The van der Waals surface area contributed by atoms with Crippen molar-refractivity contribution in [3.8, 4) is 0 Å². The quantitative estimate of drug-likeness (QED) is 0.276. The summed E-state index contributed by atoms with van der Waals surface area (Å²) in [7, 11) is 1.32. The molecule has 0 amide bonds. The van der Waals surface area contributed by atoms with Crippen LogP contribution in [0.25, 0.3) is 0 Å². The van der Waals surface area contributed by atoms with E-state index in [2.05, 4.69) is 6.08 Å². The van der Waals surface area contributed by atoms with Gasteiger partial charge in [0, 0.05) is 31.1 Å². The van der Waals surface area contributed by atoms with Crippen LogP contribution in [0.5, 0.6) is 0 Å². The van der Waals surface area contributed by atoms with Crippen LogP contribution in [0.3, 0.4) is 0 Å². The van der Waals surface area contributed by atoms with E-state index in [9.17, 15) is 19.2 Å². The molecule has 0 saturated carbocycles. The molecule has 9 heteroatoms. The van der Waals surface area contributed by atoms with Gasteiger partial charge in [-0.25, -0.2) is 4.79 Å². The van der Waals surface area contributed by atoms with Crippen molar-refractivity contribution in [2.45, 2.75) is 78.1 Å². The van der Waals surface area contributed by atoms with Gasteiger partial charge in [0.15, 0.2) is 12.2 Å². The van der Waals surface area contributed by atoms with Gasteiger partial charge in [-0.1, -0.05) is 18.6 Å². The molecule has 1 aromatic rings. The molecule has 40 heavy (non-hydrogen) atoms. The molecular formula is C31H36O9. The highest BCUT2D eigenvalue weighted by molar-refractivity contribution is 5.93. The summed E-state index contributed by atoms with van der Waals surface area (Å²) in [4.78, 5) is 49.9. The molecule has 2 aliphatic carbocycles. The van der Waals surface area contributed by atoms with Gasteiger partial charge in [0.2, 0.25) is 0 Å². The average molecular weight is 553 g/mol. The van der Waals surface area contributed by atoms with Crippen molar-refractivity contribution in [1.82, 2.24) is 0 Å². The van der Waals surface area contributed by atoms with E-state index >= 15 is 0 Å². The summed E-state index contributed by atoms with van der Waals surface area (Å²) in [5.74, 6) is -2.51. The minimum Gasteiger partial charge on any atom is -0.472 e. The van der Waals surface area contributed by atoms with E-state index in [-0.39, 0.29) is 17.9 Å². The minimum atomic E-state index is -0.962. The molecule has 1 aromatic heterocycles. The first kappa shape index (κ1) is 29.1. The maximum atomic E-state index is 13.4. The number of furan rings is 1. The molecule has 2 heterocycles. The topological polar surface area (TPSA) is 118 Å². The first-order valence-corrected chi connectivity index (χ1v) is 13.3. The molecular weight excluding hydrogens is 516 g/mol. The molecule has 5 atom stereocenters. The molecule has 0 unspecified atom stereocenters. The van der Waals surface area contributed by atoms with E-state index in [1.54, 1.807) is 44.6 Å². The van der Waals surface area contributed by atoms with E-state index in [1.807, 2.05) is 19.9 Å². The van der Waals surface area contributed by atoms with Crippen LogP contribution in [0.1, 0.15) is 65.9 Å². The number of ether oxygens (including phenoxy) is 4. The zero-order valence-corrected chi connectivity index (χ0v) is 23.9. The molecule has 9 nitrogen and oxygen atoms in total. The predicted octanol–water partition coefficient (Wildman–Crippen LogP) is 4.89. The lowest BCUT2D eigenvalue weighted by atomic mass is 9.63. The average Bonchev–Trinajstić information content (AvgIpc) is 3.49. The Morgan fingerprint density at radius 1 is 1.12 bits per heavy atom. The molecule has 3 aliphatic rings. The van der Waals surface area contributed by atoms with Crippen LogP contribution in [-0.4, -0.2) is 48.8 Å². The number of fused-ring (bicyclic) bond motifs is 1. The van der Waals surface area contributed by atoms with E-state index in [0.29, 0.717) is 12.0 Å². The predicted molar refractivity (Wildman–Crippen MR) is 144 cm³/mol. The van der Waals surface area contributed by atoms with Gasteiger partial charge in [0.05, 0.1) is 31.6 Å². The van der Waals surface area contributed by atoms with E-state index in [0.717, 1.165) is 16.7 Å². The SMILES string of the molecule is COC(=O)C[C@@H]1C(C)=C/C(=C\C2=C[C@@H](OC(C)=O)[C@H](OC(C)=O)[C@]3(C)C2=CC[C@H]3c2ccoc2)C(=O)OC1(C)C. The van der Waals surface area contributed by atoms with Crippen LogP contribution in [0.4, 0.5) is 0 Å². The molecule has 0 aromatic carbocycles. The second kappa shape index (κ2) is 10.9. The Labute approximate surface area is 233 Å². The van der Waals surface area contributed by atoms with Gasteiger partial charge >= 0.3 is 23.9 Å². The van der Waals surface area contributed by atoms with E-state index in [4.69, 9.17) is 23.4 Å². The summed E-state index contributed by atoms with van der Waals surface area (Å²) < 4.78 is 27.6. The number of hydrogen-bond donors (Lipinski definition) is 0. The molecule has 1 aliphatic heterocycles. The first-order valence-electron chi connectivity index (χ1n) is 13.3. The monoisotopic (exact) mass is 552 g/mol. The van der Waals surface area contributed by atoms with Crippen LogP contribution in [-0.2, 0) is 38.1 Å². The second-order valence-corrected chi connectivity index (χ2v) is 11.3. The molecule has 0 saturated heterocycles. The van der Waals surface area contributed by atoms with Crippen LogP contribution in [0.2, 0.25) is 0 Å². The third-order valence-corrected chi connectivity index (χ3v) is 8.22. The van der Waals surface area contributed by atoms with Crippen molar-refractivity contribution in [1.29, 1.82) is 0 Å². The summed E-state index contributed by atoms with van der Waals surface area (Å²) >= 11 is 0. The number of methoxy groups -OCH3 is 1. The van der Waals surface area contributed by atoms with Gasteiger partial charge in [0.1, 0.15) is 5.60 Å². The molecule has 4 rings (SSSR count). The normalized spacial score (nSPS) is 30.2. The number of esters is 4. The van der Waals surface area contributed by atoms with Crippen LogP contribution in [0, 0.1) is 11.3 Å². The van der Waals surface area contributed by atoms with Gasteiger partial charge in [-0.15, -0.1) is 0 Å². The highest BCUT2D eigenvalue weighted by atomic mass is 16.6. The molecule has 214 valence electrons. The standard InChI is InChI=1S/C31H36O9/c1-17-12-22(29(35)40-30(4,5)25(17)15-27(34)36-7)13-21-14-26(38-18(2)32)28(39-19(3)33)31(6)23(8-9-24(21)31)20-10-11-37-16-20/h9-14,16,23,25-26,28H,8,15H2,1-7H3/b22-13+/t23-,25+,26+,28-,31-/m0/s1. The lowest BCUT2D eigenvalue weighted by Gasteiger charge is -2.46. The summed E-state index contributed by atoms with van der Waals surface area (Å²) in [6.07, 6.45) is 9.42. The fourth-order valence-corrected chi connectivity index (χ4v) is 6.35. The summed E-state index contributed by atoms with van der Waals surface area (Å²) in [6.45, 7) is 9.98. The van der Waals surface area contributed by atoms with Crippen molar-refractivity contribution >= 4 is 23.9 Å². The number of allylic oxidation sites excluding steroid dienone is 3. The van der Waals surface area contributed by atoms with E-state index < -0.39 is 53.0 Å². The Hall–Kier alpha value is -3.88. The summed E-state index contributed by atoms with van der Waals surface area (Å²) in [6, 6.07) is 1.87. The Balaban J connectivity index is 1.85. The molecule has 0 spiro atoms. The fraction of sp³-hybridized carbons (Fsp3) is 0.484. The molecule has 0 N–H and O–H groups in total. The largest absolute Gasteiger partial charge is 0.472 e. The maximum absolute atomic E-state index is 13.4. The van der Waals surface area contributed by atoms with Crippen molar-refractivity contribution < 1.29 is 42.5 Å². The van der Waals surface area contributed by atoms with E-state index in [1.165, 1.54) is 21.0 Å². The highest BCUT2D eigenvalue weighted by Crippen LogP contribution is 2.58. The number of cyclic esters (lactones) is 1. The summed E-state index contributed by atoms with van der Waals surface area (Å²) in [5, 5.41) is 0. The van der Waals surface area contributed by atoms with Gasteiger partial charge in [0.25, 0.3) is 0 Å².